The summed E-state index contributed by atoms with van der Waals surface area (Å²) in [7, 11) is 0. The average molecular weight is 395 g/mol. The van der Waals surface area contributed by atoms with Gasteiger partial charge >= 0.3 is 6.36 Å². The zero-order chi connectivity index (χ0) is 20.7. The molecule has 0 aliphatic heterocycles. The summed E-state index contributed by atoms with van der Waals surface area (Å²) in [4.78, 5) is 28.1. The van der Waals surface area contributed by atoms with E-state index in [2.05, 4.69) is 20.4 Å². The van der Waals surface area contributed by atoms with Crippen LogP contribution in [-0.4, -0.2) is 23.2 Å². The Morgan fingerprint density at radius 3 is 2.64 bits per heavy atom. The van der Waals surface area contributed by atoms with Gasteiger partial charge in [0.25, 0.3) is 5.91 Å². The first-order valence-corrected chi connectivity index (χ1v) is 8.60. The molecule has 2 aromatic rings. The average Bonchev–Trinajstić information content (AvgIpc) is 2.60. The summed E-state index contributed by atoms with van der Waals surface area (Å²) in [5.41, 5.74) is 0.706. The van der Waals surface area contributed by atoms with Crippen LogP contribution < -0.4 is 15.4 Å². The van der Waals surface area contributed by atoms with Crippen molar-refractivity contribution in [2.24, 2.45) is 0 Å². The van der Waals surface area contributed by atoms with E-state index in [0.29, 0.717) is 18.4 Å². The molecular weight excluding hydrogens is 375 g/mol. The highest BCUT2D eigenvalue weighted by Crippen LogP contribution is 2.25. The number of alkyl halides is 3. The number of hydrogen-bond acceptors (Lipinski definition) is 4. The minimum atomic E-state index is -4.79. The van der Waals surface area contributed by atoms with Crippen molar-refractivity contribution in [3.63, 3.8) is 0 Å². The number of pyridine rings is 1. The van der Waals surface area contributed by atoms with E-state index >= 15 is 0 Å². The van der Waals surface area contributed by atoms with Gasteiger partial charge in [-0.05, 0) is 43.2 Å². The standard InChI is InChI=1S/C19H20F3N3O3/c1-3-5-17(26)25-16-11-14(8-9-23-16)18(27)24-12(2)13-6-4-7-15(10-13)28-19(20,21)22/h4,6-12H,3,5H2,1-2H3,(H,24,27)(H,23,25,26). The molecule has 6 nitrogen and oxygen atoms in total. The minimum absolute atomic E-state index is 0.206. The summed E-state index contributed by atoms with van der Waals surface area (Å²) in [6.07, 6.45) is -2.38. The summed E-state index contributed by atoms with van der Waals surface area (Å²) in [5.74, 6) is -0.777. The second-order valence-electron chi connectivity index (χ2n) is 6.04. The Labute approximate surface area is 160 Å². The van der Waals surface area contributed by atoms with Crippen molar-refractivity contribution in [3.8, 4) is 5.75 Å². The molecule has 0 fully saturated rings. The van der Waals surface area contributed by atoms with Crippen molar-refractivity contribution >= 4 is 17.6 Å². The number of ether oxygens (including phenoxy) is 1. The van der Waals surface area contributed by atoms with Crippen LogP contribution >= 0.6 is 0 Å². The van der Waals surface area contributed by atoms with Crippen LogP contribution in [0.4, 0.5) is 19.0 Å². The fourth-order valence-electron chi connectivity index (χ4n) is 2.42. The second-order valence-corrected chi connectivity index (χ2v) is 6.04. The van der Waals surface area contributed by atoms with E-state index in [1.165, 1.54) is 36.5 Å². The van der Waals surface area contributed by atoms with Gasteiger partial charge < -0.3 is 15.4 Å². The van der Waals surface area contributed by atoms with Gasteiger partial charge in [-0.2, -0.15) is 0 Å². The van der Waals surface area contributed by atoms with E-state index in [1.807, 2.05) is 6.92 Å². The van der Waals surface area contributed by atoms with Crippen LogP contribution in [-0.2, 0) is 4.79 Å². The molecule has 2 rings (SSSR count). The molecule has 2 amide bonds. The molecule has 1 heterocycles. The maximum Gasteiger partial charge on any atom is 0.573 e. The van der Waals surface area contributed by atoms with Gasteiger partial charge in [0.05, 0.1) is 6.04 Å². The maximum atomic E-state index is 12.4. The first-order chi connectivity index (χ1) is 13.2. The SMILES string of the molecule is CCCC(=O)Nc1cc(C(=O)NC(C)c2cccc(OC(F)(F)F)c2)ccn1. The highest BCUT2D eigenvalue weighted by molar-refractivity contribution is 5.96. The molecule has 0 bridgehead atoms. The van der Waals surface area contributed by atoms with E-state index in [0.717, 1.165) is 0 Å². The third-order valence-corrected chi connectivity index (χ3v) is 3.71. The number of aromatic nitrogens is 1. The number of nitrogens with one attached hydrogen (secondary N) is 2. The van der Waals surface area contributed by atoms with Crippen molar-refractivity contribution < 1.29 is 27.5 Å². The Morgan fingerprint density at radius 1 is 1.21 bits per heavy atom. The van der Waals surface area contributed by atoms with Gasteiger partial charge in [-0.1, -0.05) is 19.1 Å². The molecular formula is C19H20F3N3O3. The van der Waals surface area contributed by atoms with Gasteiger partial charge in [-0.25, -0.2) is 4.98 Å². The molecule has 0 saturated heterocycles. The smallest absolute Gasteiger partial charge is 0.406 e. The van der Waals surface area contributed by atoms with E-state index in [4.69, 9.17) is 0 Å². The summed E-state index contributed by atoms with van der Waals surface area (Å²) in [6, 6.07) is 7.71. The summed E-state index contributed by atoms with van der Waals surface area (Å²) in [6.45, 7) is 3.50. The second kappa shape index (κ2) is 9.20. The van der Waals surface area contributed by atoms with Gasteiger partial charge in [0.2, 0.25) is 5.91 Å². The number of carbonyl (C=O) groups is 2. The number of carbonyl (C=O) groups excluding carboxylic acids is 2. The number of benzene rings is 1. The van der Waals surface area contributed by atoms with Crippen LogP contribution in [0.1, 0.15) is 48.7 Å². The summed E-state index contributed by atoms with van der Waals surface area (Å²) >= 11 is 0. The molecule has 1 atom stereocenters. The number of hydrogen-bond donors (Lipinski definition) is 2. The Morgan fingerprint density at radius 2 is 1.96 bits per heavy atom. The van der Waals surface area contributed by atoms with E-state index < -0.39 is 18.3 Å². The zero-order valence-corrected chi connectivity index (χ0v) is 15.3. The molecule has 0 spiro atoms. The molecule has 0 radical (unpaired) electrons. The largest absolute Gasteiger partial charge is 0.573 e. The van der Waals surface area contributed by atoms with Gasteiger partial charge in [0, 0.05) is 18.2 Å². The maximum absolute atomic E-state index is 12.4. The van der Waals surface area contributed by atoms with Crippen LogP contribution in [0, 0.1) is 0 Å². The molecule has 28 heavy (non-hydrogen) atoms. The number of amides is 2. The van der Waals surface area contributed by atoms with Gasteiger partial charge in [-0.3, -0.25) is 9.59 Å². The fourth-order valence-corrected chi connectivity index (χ4v) is 2.42. The molecule has 0 saturated carbocycles. The molecule has 2 N–H and O–H groups in total. The molecule has 1 aromatic carbocycles. The molecule has 1 unspecified atom stereocenters. The lowest BCUT2D eigenvalue weighted by molar-refractivity contribution is -0.274. The quantitative estimate of drug-likeness (QED) is 0.736. The molecule has 1 aromatic heterocycles. The Hall–Kier alpha value is -3.10. The predicted molar refractivity (Wildman–Crippen MR) is 96.8 cm³/mol. The van der Waals surface area contributed by atoms with Crippen LogP contribution in [0.5, 0.6) is 5.75 Å². The van der Waals surface area contributed by atoms with Crippen molar-refractivity contribution in [2.45, 2.75) is 39.1 Å². The normalized spacial score (nSPS) is 12.2. The summed E-state index contributed by atoms with van der Waals surface area (Å²) < 4.78 is 41.0. The van der Waals surface area contributed by atoms with Gasteiger partial charge in [0.15, 0.2) is 0 Å². The van der Waals surface area contributed by atoms with Crippen molar-refractivity contribution in [2.75, 3.05) is 5.32 Å². The predicted octanol–water partition coefficient (Wildman–Crippen LogP) is 4.21. The number of halogens is 3. The Balaban J connectivity index is 2.06. The van der Waals surface area contributed by atoms with Crippen LogP contribution in [0.3, 0.4) is 0 Å². The monoisotopic (exact) mass is 395 g/mol. The third kappa shape index (κ3) is 6.57. The molecule has 0 aliphatic rings. The molecule has 150 valence electrons. The number of nitrogens with zero attached hydrogens (tertiary/aromatic N) is 1. The van der Waals surface area contributed by atoms with Crippen LogP contribution in [0.15, 0.2) is 42.6 Å². The summed E-state index contributed by atoms with van der Waals surface area (Å²) in [5, 5.41) is 5.29. The van der Waals surface area contributed by atoms with Crippen LogP contribution in [0.25, 0.3) is 0 Å². The van der Waals surface area contributed by atoms with Gasteiger partial charge in [0.1, 0.15) is 11.6 Å². The van der Waals surface area contributed by atoms with E-state index in [-0.39, 0.29) is 23.0 Å². The topological polar surface area (TPSA) is 80.3 Å². The zero-order valence-electron chi connectivity index (χ0n) is 15.3. The lowest BCUT2D eigenvalue weighted by Crippen LogP contribution is -2.27. The number of anilines is 1. The molecule has 9 heteroatoms. The molecule has 0 aliphatic carbocycles. The van der Waals surface area contributed by atoms with E-state index in [1.54, 1.807) is 13.0 Å². The van der Waals surface area contributed by atoms with Crippen molar-refractivity contribution in [3.05, 3.63) is 53.7 Å². The highest BCUT2D eigenvalue weighted by Gasteiger charge is 2.31. The van der Waals surface area contributed by atoms with Gasteiger partial charge in [-0.15, -0.1) is 13.2 Å². The highest BCUT2D eigenvalue weighted by atomic mass is 19.4. The van der Waals surface area contributed by atoms with Crippen molar-refractivity contribution in [1.29, 1.82) is 0 Å². The first-order valence-electron chi connectivity index (χ1n) is 8.60. The number of rotatable bonds is 7. The Kier molecular flexibility index (Phi) is 6.97. The lowest BCUT2D eigenvalue weighted by Gasteiger charge is -2.16. The van der Waals surface area contributed by atoms with Crippen LogP contribution in [0.2, 0.25) is 0 Å². The third-order valence-electron chi connectivity index (χ3n) is 3.71. The minimum Gasteiger partial charge on any atom is -0.406 e. The Bertz CT molecular complexity index is 840. The fraction of sp³-hybridized carbons (Fsp3) is 0.316. The van der Waals surface area contributed by atoms with E-state index in [9.17, 15) is 22.8 Å². The lowest BCUT2D eigenvalue weighted by atomic mass is 10.1. The first kappa shape index (κ1) is 21.2. The van der Waals surface area contributed by atoms with Crippen molar-refractivity contribution in [1.82, 2.24) is 10.3 Å².